The summed E-state index contributed by atoms with van der Waals surface area (Å²) >= 11 is 4.82. The number of hydrogen-bond donors (Lipinski definition) is 1. The molecular weight excluding hydrogens is 273 g/mol. The molecule has 2 rings (SSSR count). The quantitative estimate of drug-likeness (QED) is 0.873. The van der Waals surface area contributed by atoms with Crippen molar-refractivity contribution in [3.05, 3.63) is 64.5 Å². The first-order valence-electron chi connectivity index (χ1n) is 6.26. The van der Waals surface area contributed by atoms with Crippen molar-refractivity contribution in [1.29, 1.82) is 0 Å². The van der Waals surface area contributed by atoms with Crippen LogP contribution in [0.5, 0.6) is 5.75 Å². The van der Waals surface area contributed by atoms with Crippen LogP contribution in [0.15, 0.2) is 36.4 Å². The van der Waals surface area contributed by atoms with Crippen molar-refractivity contribution in [3.8, 4) is 5.75 Å². The monoisotopic (exact) mass is 289 g/mol. The Kier molecular flexibility index (Phi) is 4.35. The van der Waals surface area contributed by atoms with Crippen molar-refractivity contribution in [2.24, 2.45) is 5.73 Å². The van der Waals surface area contributed by atoms with Crippen LogP contribution in [-0.4, -0.2) is 4.99 Å². The summed E-state index contributed by atoms with van der Waals surface area (Å²) < 4.78 is 19.3. The highest BCUT2D eigenvalue weighted by Gasteiger charge is 2.07. The van der Waals surface area contributed by atoms with Crippen molar-refractivity contribution in [2.75, 3.05) is 0 Å². The van der Waals surface area contributed by atoms with Crippen LogP contribution >= 0.6 is 12.2 Å². The molecule has 0 atom stereocenters. The van der Waals surface area contributed by atoms with Crippen LogP contribution in [0.25, 0.3) is 0 Å². The second-order valence-electron chi connectivity index (χ2n) is 4.67. The van der Waals surface area contributed by atoms with Gasteiger partial charge in [0.2, 0.25) is 0 Å². The van der Waals surface area contributed by atoms with Gasteiger partial charge in [0.05, 0.1) is 0 Å². The predicted octanol–water partition coefficient (Wildman–Crippen LogP) is 3.66. The van der Waals surface area contributed by atoms with Crippen LogP contribution in [0.1, 0.15) is 22.3 Å². The average molecular weight is 289 g/mol. The number of thiocarbonyl (C=S) groups is 1. The molecule has 0 unspecified atom stereocenters. The zero-order chi connectivity index (χ0) is 14.7. The van der Waals surface area contributed by atoms with Gasteiger partial charge in [-0.1, -0.05) is 30.4 Å². The highest BCUT2D eigenvalue weighted by molar-refractivity contribution is 7.80. The molecule has 0 amide bonds. The van der Waals surface area contributed by atoms with E-state index >= 15 is 0 Å². The number of ether oxygens (including phenoxy) is 1. The van der Waals surface area contributed by atoms with Gasteiger partial charge in [0, 0.05) is 5.56 Å². The van der Waals surface area contributed by atoms with Crippen LogP contribution in [0.2, 0.25) is 0 Å². The Balaban J connectivity index is 2.17. The van der Waals surface area contributed by atoms with E-state index in [1.54, 1.807) is 12.1 Å². The molecule has 0 bridgehead atoms. The molecule has 2 N–H and O–H groups in total. The summed E-state index contributed by atoms with van der Waals surface area (Å²) in [5, 5.41) is 0. The Morgan fingerprint density at radius 2 is 2.00 bits per heavy atom. The van der Waals surface area contributed by atoms with E-state index < -0.39 is 5.82 Å². The van der Waals surface area contributed by atoms with Crippen LogP contribution in [0.3, 0.4) is 0 Å². The van der Waals surface area contributed by atoms with E-state index in [0.29, 0.717) is 6.61 Å². The number of hydrogen-bond acceptors (Lipinski definition) is 2. The first-order valence-corrected chi connectivity index (χ1v) is 6.67. The topological polar surface area (TPSA) is 35.2 Å². The molecule has 0 aliphatic rings. The van der Waals surface area contributed by atoms with Gasteiger partial charge in [-0.25, -0.2) is 4.39 Å². The van der Waals surface area contributed by atoms with Gasteiger partial charge in [0.25, 0.3) is 0 Å². The Morgan fingerprint density at radius 3 is 2.70 bits per heavy atom. The summed E-state index contributed by atoms with van der Waals surface area (Å²) in [6.45, 7) is 4.39. The molecule has 0 aromatic heterocycles. The van der Waals surface area contributed by atoms with Crippen LogP contribution < -0.4 is 10.5 Å². The maximum absolute atomic E-state index is 13.5. The van der Waals surface area contributed by atoms with E-state index in [1.165, 1.54) is 11.6 Å². The first-order chi connectivity index (χ1) is 9.49. The molecule has 20 heavy (non-hydrogen) atoms. The number of aryl methyl sites for hydroxylation is 1. The Hall–Kier alpha value is -1.94. The molecule has 0 spiro atoms. The molecule has 2 aromatic carbocycles. The second kappa shape index (κ2) is 6.01. The van der Waals surface area contributed by atoms with Crippen LogP contribution in [0, 0.1) is 19.7 Å². The van der Waals surface area contributed by atoms with Gasteiger partial charge >= 0.3 is 0 Å². The van der Waals surface area contributed by atoms with Gasteiger partial charge in [0.1, 0.15) is 23.2 Å². The summed E-state index contributed by atoms with van der Waals surface area (Å²) in [6, 6.07) is 10.6. The molecule has 0 radical (unpaired) electrons. The third-order valence-corrected chi connectivity index (χ3v) is 3.47. The van der Waals surface area contributed by atoms with E-state index in [9.17, 15) is 4.39 Å². The van der Waals surface area contributed by atoms with Crippen molar-refractivity contribution in [3.63, 3.8) is 0 Å². The van der Waals surface area contributed by atoms with Gasteiger partial charge in [0.15, 0.2) is 0 Å². The molecule has 0 aliphatic carbocycles. The van der Waals surface area contributed by atoms with Gasteiger partial charge in [-0.3, -0.25) is 0 Å². The maximum Gasteiger partial charge on any atom is 0.133 e. The number of rotatable bonds is 4. The summed E-state index contributed by atoms with van der Waals surface area (Å²) in [4.78, 5) is 0.0519. The van der Waals surface area contributed by atoms with E-state index in [-0.39, 0.29) is 10.6 Å². The zero-order valence-corrected chi connectivity index (χ0v) is 12.3. The van der Waals surface area contributed by atoms with Crippen molar-refractivity contribution in [2.45, 2.75) is 20.5 Å². The molecule has 0 aliphatic heterocycles. The van der Waals surface area contributed by atoms with Gasteiger partial charge in [-0.15, -0.1) is 0 Å². The lowest BCUT2D eigenvalue weighted by atomic mass is 10.1. The van der Waals surface area contributed by atoms with E-state index in [0.717, 1.165) is 16.9 Å². The SMILES string of the molecule is Cc1cccc(OCc2ccc(F)c(C(N)=S)c2)c1C. The molecule has 104 valence electrons. The Labute approximate surface area is 123 Å². The highest BCUT2D eigenvalue weighted by Crippen LogP contribution is 2.22. The summed E-state index contributed by atoms with van der Waals surface area (Å²) in [7, 11) is 0. The molecule has 0 saturated heterocycles. The lowest BCUT2D eigenvalue weighted by Gasteiger charge is -2.11. The highest BCUT2D eigenvalue weighted by atomic mass is 32.1. The number of benzene rings is 2. The average Bonchev–Trinajstić information content (AvgIpc) is 2.41. The van der Waals surface area contributed by atoms with E-state index in [2.05, 4.69) is 0 Å². The molecule has 0 heterocycles. The Morgan fingerprint density at radius 1 is 1.25 bits per heavy atom. The minimum absolute atomic E-state index is 0.0519. The van der Waals surface area contributed by atoms with Gasteiger partial charge < -0.3 is 10.5 Å². The minimum Gasteiger partial charge on any atom is -0.489 e. The smallest absolute Gasteiger partial charge is 0.133 e. The summed E-state index contributed by atoms with van der Waals surface area (Å²) in [5.74, 6) is 0.416. The first kappa shape index (κ1) is 14.5. The normalized spacial score (nSPS) is 10.3. The molecule has 2 nitrogen and oxygen atoms in total. The fraction of sp³-hybridized carbons (Fsp3) is 0.188. The zero-order valence-electron chi connectivity index (χ0n) is 11.4. The second-order valence-corrected chi connectivity index (χ2v) is 5.10. The van der Waals surface area contributed by atoms with Crippen molar-refractivity contribution in [1.82, 2.24) is 0 Å². The molecule has 0 saturated carbocycles. The third kappa shape index (κ3) is 3.14. The van der Waals surface area contributed by atoms with Crippen LogP contribution in [0.4, 0.5) is 4.39 Å². The number of halogens is 1. The van der Waals surface area contributed by atoms with E-state index in [1.807, 2.05) is 32.0 Å². The fourth-order valence-electron chi connectivity index (χ4n) is 1.89. The van der Waals surface area contributed by atoms with Gasteiger partial charge in [-0.05, 0) is 48.7 Å². The lowest BCUT2D eigenvalue weighted by molar-refractivity contribution is 0.303. The molecule has 2 aromatic rings. The minimum atomic E-state index is -0.409. The summed E-state index contributed by atoms with van der Waals surface area (Å²) in [6.07, 6.45) is 0. The van der Waals surface area contributed by atoms with Crippen molar-refractivity contribution < 1.29 is 9.13 Å². The molecular formula is C16H16FNOS. The fourth-order valence-corrected chi connectivity index (χ4v) is 2.05. The standard InChI is InChI=1S/C16H16FNOS/c1-10-4-3-5-15(11(10)2)19-9-12-6-7-14(17)13(8-12)16(18)20/h3-8H,9H2,1-2H3,(H2,18,20). The third-order valence-electron chi connectivity index (χ3n) is 3.25. The maximum atomic E-state index is 13.5. The molecule has 0 fully saturated rings. The molecule has 4 heteroatoms. The Bertz CT molecular complexity index is 655. The van der Waals surface area contributed by atoms with Crippen molar-refractivity contribution >= 4 is 17.2 Å². The van der Waals surface area contributed by atoms with Crippen LogP contribution in [-0.2, 0) is 6.61 Å². The number of nitrogens with two attached hydrogens (primary N) is 1. The van der Waals surface area contributed by atoms with Gasteiger partial charge in [-0.2, -0.15) is 0 Å². The lowest BCUT2D eigenvalue weighted by Crippen LogP contribution is -2.12. The largest absolute Gasteiger partial charge is 0.489 e. The predicted molar refractivity (Wildman–Crippen MR) is 82.5 cm³/mol. The summed E-state index contributed by atoms with van der Waals surface area (Å²) in [5.41, 5.74) is 8.84. The van der Waals surface area contributed by atoms with E-state index in [4.69, 9.17) is 22.7 Å².